The van der Waals surface area contributed by atoms with Crippen molar-refractivity contribution < 1.29 is 4.39 Å². The van der Waals surface area contributed by atoms with Gasteiger partial charge in [0.05, 0.1) is 17.4 Å². The van der Waals surface area contributed by atoms with Crippen molar-refractivity contribution in [3.8, 4) is 0 Å². The van der Waals surface area contributed by atoms with Crippen molar-refractivity contribution in [2.45, 2.75) is 0 Å². The van der Waals surface area contributed by atoms with Crippen LogP contribution in [0.15, 0.2) is 36.9 Å². The van der Waals surface area contributed by atoms with Crippen LogP contribution >= 0.6 is 0 Å². The molecule has 2 heterocycles. The van der Waals surface area contributed by atoms with Crippen LogP contribution in [0, 0.1) is 5.82 Å². The minimum atomic E-state index is -0.313. The number of aromatic nitrogens is 4. The summed E-state index contributed by atoms with van der Waals surface area (Å²) in [6.07, 6.45) is 4.93. The van der Waals surface area contributed by atoms with Gasteiger partial charge in [-0.15, -0.1) is 0 Å². The van der Waals surface area contributed by atoms with Crippen LogP contribution in [0.5, 0.6) is 0 Å². The van der Waals surface area contributed by atoms with Crippen LogP contribution in [0.1, 0.15) is 0 Å². The first-order valence-electron chi connectivity index (χ1n) is 5.38. The monoisotopic (exact) mass is 243 g/mol. The highest BCUT2D eigenvalue weighted by Gasteiger charge is 2.06. The highest BCUT2D eigenvalue weighted by atomic mass is 19.1. The van der Waals surface area contributed by atoms with E-state index in [0.29, 0.717) is 16.7 Å². The minimum absolute atomic E-state index is 0.313. The SMILES string of the molecule is Cn1cc(Nc2ncnc3ccc(F)cc23)cn1. The first kappa shape index (κ1) is 10.6. The Kier molecular flexibility index (Phi) is 2.40. The number of rotatable bonds is 2. The van der Waals surface area contributed by atoms with Crippen molar-refractivity contribution in [2.75, 3.05) is 5.32 Å². The summed E-state index contributed by atoms with van der Waals surface area (Å²) in [7, 11) is 1.82. The third-order valence-corrected chi connectivity index (χ3v) is 2.56. The summed E-state index contributed by atoms with van der Waals surface area (Å²) in [6.45, 7) is 0. The van der Waals surface area contributed by atoms with E-state index in [1.54, 1.807) is 16.9 Å². The number of hydrogen-bond donors (Lipinski definition) is 1. The van der Waals surface area contributed by atoms with Crippen LogP contribution in [-0.4, -0.2) is 19.7 Å². The van der Waals surface area contributed by atoms with Gasteiger partial charge < -0.3 is 5.32 Å². The molecule has 5 nitrogen and oxygen atoms in total. The second-order valence-corrected chi connectivity index (χ2v) is 3.91. The van der Waals surface area contributed by atoms with Crippen molar-refractivity contribution in [1.82, 2.24) is 19.7 Å². The van der Waals surface area contributed by atoms with Gasteiger partial charge in [-0.25, -0.2) is 14.4 Å². The van der Waals surface area contributed by atoms with Crippen molar-refractivity contribution in [3.05, 3.63) is 42.7 Å². The molecule has 0 aliphatic rings. The molecule has 0 fully saturated rings. The first-order valence-corrected chi connectivity index (χ1v) is 5.38. The van der Waals surface area contributed by atoms with Crippen LogP contribution in [-0.2, 0) is 7.05 Å². The summed E-state index contributed by atoms with van der Waals surface area (Å²) in [5, 5.41) is 7.78. The molecule has 6 heteroatoms. The van der Waals surface area contributed by atoms with E-state index in [1.165, 1.54) is 18.5 Å². The van der Waals surface area contributed by atoms with Crippen molar-refractivity contribution in [3.63, 3.8) is 0 Å². The number of nitrogens with one attached hydrogen (secondary N) is 1. The van der Waals surface area contributed by atoms with E-state index >= 15 is 0 Å². The fraction of sp³-hybridized carbons (Fsp3) is 0.0833. The van der Waals surface area contributed by atoms with Crippen LogP contribution in [0.25, 0.3) is 10.9 Å². The molecule has 3 aromatic rings. The molecular weight excluding hydrogens is 233 g/mol. The number of fused-ring (bicyclic) bond motifs is 1. The molecule has 0 amide bonds. The zero-order valence-corrected chi connectivity index (χ0v) is 9.63. The molecule has 0 radical (unpaired) electrons. The Balaban J connectivity index is 2.08. The van der Waals surface area contributed by atoms with Gasteiger partial charge in [0.15, 0.2) is 0 Å². The van der Waals surface area contributed by atoms with E-state index in [9.17, 15) is 4.39 Å². The number of benzene rings is 1. The number of anilines is 2. The Bertz CT molecular complexity index is 707. The fourth-order valence-corrected chi connectivity index (χ4v) is 1.75. The maximum Gasteiger partial charge on any atom is 0.141 e. The number of nitrogens with zero attached hydrogens (tertiary/aromatic N) is 4. The van der Waals surface area contributed by atoms with Gasteiger partial charge in [-0.1, -0.05) is 0 Å². The van der Waals surface area contributed by atoms with Crippen molar-refractivity contribution in [2.24, 2.45) is 7.05 Å². The van der Waals surface area contributed by atoms with E-state index in [0.717, 1.165) is 5.69 Å². The predicted molar refractivity (Wildman–Crippen MR) is 66.0 cm³/mol. The van der Waals surface area contributed by atoms with Crippen LogP contribution < -0.4 is 5.32 Å². The summed E-state index contributed by atoms with van der Waals surface area (Å²) in [5.74, 6) is 0.249. The molecule has 0 unspecified atom stereocenters. The summed E-state index contributed by atoms with van der Waals surface area (Å²) >= 11 is 0. The smallest absolute Gasteiger partial charge is 0.141 e. The van der Waals surface area contributed by atoms with Gasteiger partial charge in [0.1, 0.15) is 18.0 Å². The van der Waals surface area contributed by atoms with E-state index in [1.807, 2.05) is 13.2 Å². The summed E-state index contributed by atoms with van der Waals surface area (Å²) in [5.41, 5.74) is 1.49. The molecule has 0 aliphatic carbocycles. The molecule has 0 atom stereocenters. The number of halogens is 1. The molecule has 90 valence electrons. The van der Waals surface area contributed by atoms with E-state index in [2.05, 4.69) is 20.4 Å². The molecule has 3 rings (SSSR count). The lowest BCUT2D eigenvalue weighted by Gasteiger charge is -2.05. The van der Waals surface area contributed by atoms with Gasteiger partial charge in [-0.2, -0.15) is 5.10 Å². The molecule has 0 aliphatic heterocycles. The standard InChI is InChI=1S/C12H10FN5/c1-18-6-9(5-16-18)17-12-10-4-8(13)2-3-11(10)14-7-15-12/h2-7H,1H3,(H,14,15,17). The Morgan fingerprint density at radius 3 is 2.94 bits per heavy atom. The minimum Gasteiger partial charge on any atom is -0.337 e. The highest BCUT2D eigenvalue weighted by molar-refractivity contribution is 5.90. The van der Waals surface area contributed by atoms with E-state index < -0.39 is 0 Å². The number of hydrogen-bond acceptors (Lipinski definition) is 4. The largest absolute Gasteiger partial charge is 0.337 e. The third kappa shape index (κ3) is 1.88. The maximum absolute atomic E-state index is 13.3. The summed E-state index contributed by atoms with van der Waals surface area (Å²) in [4.78, 5) is 8.22. The fourth-order valence-electron chi connectivity index (χ4n) is 1.75. The maximum atomic E-state index is 13.3. The first-order chi connectivity index (χ1) is 8.72. The molecule has 0 bridgehead atoms. The summed E-state index contributed by atoms with van der Waals surface area (Å²) < 4.78 is 14.9. The molecule has 1 N–H and O–H groups in total. The molecule has 0 saturated heterocycles. The molecule has 0 saturated carbocycles. The van der Waals surface area contributed by atoms with Gasteiger partial charge in [0.25, 0.3) is 0 Å². The zero-order valence-electron chi connectivity index (χ0n) is 9.63. The Morgan fingerprint density at radius 2 is 2.17 bits per heavy atom. The lowest BCUT2D eigenvalue weighted by molar-refractivity contribution is 0.629. The zero-order chi connectivity index (χ0) is 12.5. The summed E-state index contributed by atoms with van der Waals surface area (Å²) in [6, 6.07) is 4.41. The molecular formula is C12H10FN5. The van der Waals surface area contributed by atoms with Gasteiger partial charge in [-0.3, -0.25) is 4.68 Å². The number of aryl methyl sites for hydroxylation is 1. The molecule has 1 aromatic carbocycles. The van der Waals surface area contributed by atoms with Crippen LogP contribution in [0.3, 0.4) is 0 Å². The van der Waals surface area contributed by atoms with Crippen LogP contribution in [0.4, 0.5) is 15.9 Å². The predicted octanol–water partition coefficient (Wildman–Crippen LogP) is 2.25. The lowest BCUT2D eigenvalue weighted by atomic mass is 10.2. The van der Waals surface area contributed by atoms with Gasteiger partial charge in [0.2, 0.25) is 0 Å². The quantitative estimate of drug-likeness (QED) is 0.750. The van der Waals surface area contributed by atoms with Crippen LogP contribution in [0.2, 0.25) is 0 Å². The van der Waals surface area contributed by atoms with E-state index in [-0.39, 0.29) is 5.82 Å². The van der Waals surface area contributed by atoms with Gasteiger partial charge in [0, 0.05) is 18.6 Å². The van der Waals surface area contributed by atoms with Gasteiger partial charge in [-0.05, 0) is 18.2 Å². The second-order valence-electron chi connectivity index (χ2n) is 3.91. The van der Waals surface area contributed by atoms with Gasteiger partial charge >= 0.3 is 0 Å². The Hall–Kier alpha value is -2.50. The molecule has 2 aromatic heterocycles. The topological polar surface area (TPSA) is 55.6 Å². The highest BCUT2D eigenvalue weighted by Crippen LogP contribution is 2.23. The van der Waals surface area contributed by atoms with Crippen molar-refractivity contribution in [1.29, 1.82) is 0 Å². The second kappa shape index (κ2) is 4.06. The molecule has 18 heavy (non-hydrogen) atoms. The molecule has 0 spiro atoms. The normalized spacial score (nSPS) is 10.8. The Labute approximate surface area is 102 Å². The average molecular weight is 243 g/mol. The average Bonchev–Trinajstić information content (AvgIpc) is 2.76. The Morgan fingerprint density at radius 1 is 1.28 bits per heavy atom. The lowest BCUT2D eigenvalue weighted by Crippen LogP contribution is -1.95. The third-order valence-electron chi connectivity index (χ3n) is 2.56. The van der Waals surface area contributed by atoms with Crippen molar-refractivity contribution >= 4 is 22.4 Å². The van der Waals surface area contributed by atoms with E-state index in [4.69, 9.17) is 0 Å².